The SMILES string of the molecule is COc1ccc(C(=O)CSc2nc3ccccc3[nH]2)cc1OC. The van der Waals surface area contributed by atoms with Crippen molar-refractivity contribution in [1.82, 2.24) is 9.97 Å². The van der Waals surface area contributed by atoms with Crippen LogP contribution in [0.2, 0.25) is 0 Å². The van der Waals surface area contributed by atoms with Gasteiger partial charge in [0, 0.05) is 5.56 Å². The maximum Gasteiger partial charge on any atom is 0.173 e. The van der Waals surface area contributed by atoms with E-state index in [1.54, 1.807) is 32.4 Å². The topological polar surface area (TPSA) is 64.2 Å². The van der Waals surface area contributed by atoms with Gasteiger partial charge < -0.3 is 14.5 Å². The number of thioether (sulfide) groups is 1. The van der Waals surface area contributed by atoms with Crippen LogP contribution in [0.3, 0.4) is 0 Å². The molecular formula is C17H16N2O3S. The third-order valence-electron chi connectivity index (χ3n) is 3.41. The number of Topliss-reactive ketones (excluding diaryl/α,β-unsaturated/α-hetero) is 1. The van der Waals surface area contributed by atoms with E-state index in [-0.39, 0.29) is 5.78 Å². The van der Waals surface area contributed by atoms with Crippen molar-refractivity contribution >= 4 is 28.6 Å². The van der Waals surface area contributed by atoms with Crippen LogP contribution in [-0.2, 0) is 0 Å². The predicted molar refractivity (Wildman–Crippen MR) is 90.7 cm³/mol. The highest BCUT2D eigenvalue weighted by Gasteiger charge is 2.12. The fraction of sp³-hybridized carbons (Fsp3) is 0.176. The number of carbonyl (C=O) groups is 1. The molecule has 0 radical (unpaired) electrons. The van der Waals surface area contributed by atoms with Crippen LogP contribution in [0.25, 0.3) is 11.0 Å². The molecule has 3 rings (SSSR count). The Hall–Kier alpha value is -2.47. The Balaban J connectivity index is 1.71. The highest BCUT2D eigenvalue weighted by Crippen LogP contribution is 2.28. The normalized spacial score (nSPS) is 10.7. The van der Waals surface area contributed by atoms with Crippen molar-refractivity contribution in [2.24, 2.45) is 0 Å². The van der Waals surface area contributed by atoms with Gasteiger partial charge in [0.25, 0.3) is 0 Å². The number of fused-ring (bicyclic) bond motifs is 1. The first kappa shape index (κ1) is 15.4. The van der Waals surface area contributed by atoms with Gasteiger partial charge in [0.05, 0.1) is 31.0 Å². The molecule has 1 heterocycles. The molecule has 3 aromatic rings. The molecule has 0 saturated heterocycles. The number of imidazole rings is 1. The summed E-state index contributed by atoms with van der Waals surface area (Å²) in [6.45, 7) is 0. The zero-order valence-electron chi connectivity index (χ0n) is 12.8. The van der Waals surface area contributed by atoms with Crippen molar-refractivity contribution in [2.45, 2.75) is 5.16 Å². The van der Waals surface area contributed by atoms with E-state index in [1.807, 2.05) is 24.3 Å². The average Bonchev–Trinajstić information content (AvgIpc) is 3.01. The number of para-hydroxylation sites is 2. The number of benzene rings is 2. The molecule has 5 nitrogen and oxygen atoms in total. The summed E-state index contributed by atoms with van der Waals surface area (Å²) in [4.78, 5) is 20.0. The summed E-state index contributed by atoms with van der Waals surface area (Å²) < 4.78 is 10.4. The molecule has 0 amide bonds. The molecule has 0 unspecified atom stereocenters. The van der Waals surface area contributed by atoms with Crippen molar-refractivity contribution in [3.8, 4) is 11.5 Å². The third kappa shape index (κ3) is 3.32. The van der Waals surface area contributed by atoms with E-state index in [0.29, 0.717) is 22.8 Å². The van der Waals surface area contributed by atoms with Crippen LogP contribution in [0.4, 0.5) is 0 Å². The first-order valence-corrected chi connectivity index (χ1v) is 8.02. The first-order chi connectivity index (χ1) is 11.2. The Bertz CT molecular complexity index is 812. The maximum absolute atomic E-state index is 12.3. The monoisotopic (exact) mass is 328 g/mol. The van der Waals surface area contributed by atoms with Crippen LogP contribution in [0.15, 0.2) is 47.6 Å². The second-order valence-electron chi connectivity index (χ2n) is 4.84. The predicted octanol–water partition coefficient (Wildman–Crippen LogP) is 3.56. The van der Waals surface area contributed by atoms with E-state index in [2.05, 4.69) is 9.97 Å². The van der Waals surface area contributed by atoms with E-state index in [0.717, 1.165) is 16.2 Å². The van der Waals surface area contributed by atoms with E-state index in [1.165, 1.54) is 11.8 Å². The van der Waals surface area contributed by atoms with Crippen LogP contribution in [0.5, 0.6) is 11.5 Å². The van der Waals surface area contributed by atoms with E-state index in [4.69, 9.17) is 9.47 Å². The summed E-state index contributed by atoms with van der Waals surface area (Å²) in [5.74, 6) is 1.47. The van der Waals surface area contributed by atoms with Gasteiger partial charge in [0.2, 0.25) is 0 Å². The zero-order valence-corrected chi connectivity index (χ0v) is 13.6. The lowest BCUT2D eigenvalue weighted by Crippen LogP contribution is -2.03. The number of methoxy groups -OCH3 is 2. The second kappa shape index (κ2) is 6.75. The largest absolute Gasteiger partial charge is 0.493 e. The molecule has 0 spiro atoms. The number of hydrogen-bond donors (Lipinski definition) is 1. The lowest BCUT2D eigenvalue weighted by atomic mass is 10.1. The molecule has 0 atom stereocenters. The smallest absolute Gasteiger partial charge is 0.173 e. The molecule has 0 aliphatic heterocycles. The van der Waals surface area contributed by atoms with Gasteiger partial charge in [-0.1, -0.05) is 23.9 Å². The summed E-state index contributed by atoms with van der Waals surface area (Å²) in [5.41, 5.74) is 2.45. The van der Waals surface area contributed by atoms with Crippen molar-refractivity contribution in [3.63, 3.8) is 0 Å². The van der Waals surface area contributed by atoms with Crippen LogP contribution in [-0.4, -0.2) is 35.7 Å². The Morgan fingerprint density at radius 3 is 2.65 bits per heavy atom. The Morgan fingerprint density at radius 2 is 1.91 bits per heavy atom. The Labute approximate surface area is 138 Å². The number of aromatic nitrogens is 2. The first-order valence-electron chi connectivity index (χ1n) is 7.04. The number of nitrogens with one attached hydrogen (secondary N) is 1. The average molecular weight is 328 g/mol. The van der Waals surface area contributed by atoms with Gasteiger partial charge in [-0.3, -0.25) is 4.79 Å². The van der Waals surface area contributed by atoms with Gasteiger partial charge in [0.1, 0.15) is 0 Å². The minimum Gasteiger partial charge on any atom is -0.493 e. The highest BCUT2D eigenvalue weighted by atomic mass is 32.2. The standard InChI is InChI=1S/C17H16N2O3S/c1-21-15-8-7-11(9-16(15)22-2)14(20)10-23-17-18-12-5-3-4-6-13(12)19-17/h3-9H,10H2,1-2H3,(H,18,19). The van der Waals surface area contributed by atoms with Crippen molar-refractivity contribution in [2.75, 3.05) is 20.0 Å². The molecule has 0 bridgehead atoms. The zero-order chi connectivity index (χ0) is 16.2. The molecule has 23 heavy (non-hydrogen) atoms. The number of aromatic amines is 1. The van der Waals surface area contributed by atoms with E-state index >= 15 is 0 Å². The molecule has 2 aromatic carbocycles. The Kier molecular flexibility index (Phi) is 4.52. The van der Waals surface area contributed by atoms with Crippen molar-refractivity contribution in [1.29, 1.82) is 0 Å². The Morgan fingerprint density at radius 1 is 1.13 bits per heavy atom. The molecule has 1 N–H and O–H groups in total. The van der Waals surface area contributed by atoms with Crippen LogP contribution in [0, 0.1) is 0 Å². The summed E-state index contributed by atoms with van der Waals surface area (Å²) in [5, 5.41) is 0.736. The number of carbonyl (C=O) groups excluding carboxylic acids is 1. The van der Waals surface area contributed by atoms with Gasteiger partial charge >= 0.3 is 0 Å². The second-order valence-corrected chi connectivity index (χ2v) is 5.80. The molecule has 0 aliphatic carbocycles. The fourth-order valence-corrected chi connectivity index (χ4v) is 3.00. The minimum atomic E-state index is 0.0106. The van der Waals surface area contributed by atoms with Crippen LogP contribution in [0.1, 0.15) is 10.4 Å². The van der Waals surface area contributed by atoms with E-state index < -0.39 is 0 Å². The number of nitrogens with zero attached hydrogens (tertiary/aromatic N) is 1. The van der Waals surface area contributed by atoms with Gasteiger partial charge in [-0.05, 0) is 30.3 Å². The quantitative estimate of drug-likeness (QED) is 0.554. The van der Waals surface area contributed by atoms with Gasteiger partial charge in [0.15, 0.2) is 22.4 Å². The van der Waals surface area contributed by atoms with Crippen LogP contribution >= 0.6 is 11.8 Å². The van der Waals surface area contributed by atoms with Crippen molar-refractivity contribution < 1.29 is 14.3 Å². The number of H-pyrrole nitrogens is 1. The number of hydrogen-bond acceptors (Lipinski definition) is 5. The lowest BCUT2D eigenvalue weighted by molar-refractivity contribution is 0.102. The minimum absolute atomic E-state index is 0.0106. The maximum atomic E-state index is 12.3. The molecule has 0 fully saturated rings. The third-order valence-corrected chi connectivity index (χ3v) is 4.29. The molecule has 6 heteroatoms. The summed E-state index contributed by atoms with van der Waals surface area (Å²) >= 11 is 1.38. The highest BCUT2D eigenvalue weighted by molar-refractivity contribution is 7.99. The van der Waals surface area contributed by atoms with Crippen LogP contribution < -0.4 is 9.47 Å². The number of ketones is 1. The summed E-state index contributed by atoms with van der Waals surface area (Å²) in [7, 11) is 3.12. The van der Waals surface area contributed by atoms with Gasteiger partial charge in [-0.2, -0.15) is 0 Å². The van der Waals surface area contributed by atoms with Gasteiger partial charge in [-0.15, -0.1) is 0 Å². The fourth-order valence-electron chi connectivity index (χ4n) is 2.22. The molecule has 0 saturated carbocycles. The molecule has 0 aliphatic rings. The van der Waals surface area contributed by atoms with E-state index in [9.17, 15) is 4.79 Å². The molecule has 1 aromatic heterocycles. The number of ether oxygens (including phenoxy) is 2. The summed E-state index contributed by atoms with van der Waals surface area (Å²) in [6, 6.07) is 13.0. The molecule has 118 valence electrons. The summed E-state index contributed by atoms with van der Waals surface area (Å²) in [6.07, 6.45) is 0. The lowest BCUT2D eigenvalue weighted by Gasteiger charge is -2.08. The number of rotatable bonds is 6. The van der Waals surface area contributed by atoms with Crippen molar-refractivity contribution in [3.05, 3.63) is 48.0 Å². The van der Waals surface area contributed by atoms with Gasteiger partial charge in [-0.25, -0.2) is 4.98 Å². The molecular weight excluding hydrogens is 312 g/mol.